The third-order valence-electron chi connectivity index (χ3n) is 1.23. The van der Waals surface area contributed by atoms with Gasteiger partial charge in [0.25, 0.3) is 5.88 Å². The van der Waals surface area contributed by atoms with E-state index >= 15 is 0 Å². The van der Waals surface area contributed by atoms with E-state index in [9.17, 15) is 0 Å². The van der Waals surface area contributed by atoms with Gasteiger partial charge < -0.3 is 16.2 Å². The first-order valence-corrected chi connectivity index (χ1v) is 3.36. The topological polar surface area (TPSA) is 114 Å². The van der Waals surface area contributed by atoms with Crippen LogP contribution in [0.2, 0.25) is 0 Å². The van der Waals surface area contributed by atoms with E-state index in [0.717, 1.165) is 0 Å². The fourth-order valence-corrected chi connectivity index (χ4v) is 0.706. The molecule has 0 spiro atoms. The molecule has 0 amide bonds. The Morgan fingerprint density at radius 1 is 1.67 bits per heavy atom. The number of nitrogen functional groups attached to an aromatic ring is 1. The number of nitriles is 1. The minimum Gasteiger partial charge on any atom is -0.474 e. The van der Waals surface area contributed by atoms with E-state index in [1.54, 1.807) is 0 Å². The van der Waals surface area contributed by atoms with Crippen LogP contribution in [0, 0.1) is 11.3 Å². The van der Waals surface area contributed by atoms with Gasteiger partial charge in [-0.3, -0.25) is 5.10 Å². The molecule has 1 heterocycles. The molecule has 0 aromatic carbocycles. The van der Waals surface area contributed by atoms with Crippen LogP contribution in [-0.2, 0) is 0 Å². The summed E-state index contributed by atoms with van der Waals surface area (Å²) in [5.41, 5.74) is 10.8. The lowest BCUT2D eigenvalue weighted by Gasteiger charge is -1.98. The van der Waals surface area contributed by atoms with E-state index in [-0.39, 0.29) is 17.3 Å². The maximum absolute atomic E-state index is 8.59. The van der Waals surface area contributed by atoms with Crippen molar-refractivity contribution in [3.05, 3.63) is 5.56 Å². The number of H-pyrrole nitrogens is 1. The highest BCUT2D eigenvalue weighted by Gasteiger charge is 2.10. The molecule has 0 saturated carbocycles. The number of nitrogens with one attached hydrogen (secondary N) is 1. The molecule has 0 saturated heterocycles. The van der Waals surface area contributed by atoms with Gasteiger partial charge in [-0.05, 0) is 0 Å². The van der Waals surface area contributed by atoms with Crippen molar-refractivity contribution in [2.24, 2.45) is 5.73 Å². The predicted octanol–water partition coefficient (Wildman–Crippen LogP) is -0.799. The number of aromatic nitrogens is 2. The molecule has 0 aliphatic carbocycles. The number of hydrogen-bond acceptors (Lipinski definition) is 5. The minimum absolute atomic E-state index is 0.209. The van der Waals surface area contributed by atoms with Crippen molar-refractivity contribution in [3.63, 3.8) is 0 Å². The van der Waals surface area contributed by atoms with Gasteiger partial charge in [0.1, 0.15) is 18.5 Å². The number of rotatable bonds is 3. The molecule has 1 rings (SSSR count). The van der Waals surface area contributed by atoms with Crippen LogP contribution in [0.3, 0.4) is 0 Å². The van der Waals surface area contributed by atoms with Crippen LogP contribution in [-0.4, -0.2) is 23.3 Å². The van der Waals surface area contributed by atoms with E-state index in [2.05, 4.69) is 10.2 Å². The zero-order chi connectivity index (χ0) is 8.97. The first-order valence-electron chi connectivity index (χ1n) is 3.36. The lowest BCUT2D eigenvalue weighted by atomic mass is 10.3. The maximum Gasteiger partial charge on any atom is 0.253 e. The summed E-state index contributed by atoms with van der Waals surface area (Å²) in [6.07, 6.45) is 0. The Balaban J connectivity index is 2.79. The van der Waals surface area contributed by atoms with Gasteiger partial charge in [0.05, 0.1) is 0 Å². The Morgan fingerprint density at radius 3 is 3.00 bits per heavy atom. The Hall–Kier alpha value is -1.74. The molecule has 0 atom stereocenters. The van der Waals surface area contributed by atoms with Gasteiger partial charge in [-0.1, -0.05) is 0 Å². The largest absolute Gasteiger partial charge is 0.474 e. The molecule has 6 heteroatoms. The van der Waals surface area contributed by atoms with Crippen molar-refractivity contribution < 1.29 is 4.74 Å². The SMILES string of the molecule is N#Cc1c(OCCN)n[nH]c1N. The molecular weight excluding hydrogens is 158 g/mol. The van der Waals surface area contributed by atoms with Gasteiger partial charge in [0.15, 0.2) is 5.56 Å². The van der Waals surface area contributed by atoms with Crippen LogP contribution in [0.5, 0.6) is 5.88 Å². The number of hydrogen-bond donors (Lipinski definition) is 3. The molecule has 64 valence electrons. The smallest absolute Gasteiger partial charge is 0.253 e. The van der Waals surface area contributed by atoms with E-state index in [1.165, 1.54) is 0 Å². The molecule has 1 aromatic heterocycles. The van der Waals surface area contributed by atoms with Gasteiger partial charge in [0.2, 0.25) is 0 Å². The van der Waals surface area contributed by atoms with Crippen LogP contribution < -0.4 is 16.2 Å². The third kappa shape index (κ3) is 1.46. The molecule has 0 unspecified atom stereocenters. The summed E-state index contributed by atoms with van der Waals surface area (Å²) in [6, 6.07) is 1.87. The van der Waals surface area contributed by atoms with Gasteiger partial charge in [-0.2, -0.15) is 5.26 Å². The van der Waals surface area contributed by atoms with Gasteiger partial charge in [-0.25, -0.2) is 0 Å². The summed E-state index contributed by atoms with van der Waals surface area (Å²) in [7, 11) is 0. The molecule has 12 heavy (non-hydrogen) atoms. The van der Waals surface area contributed by atoms with E-state index in [1.807, 2.05) is 6.07 Å². The monoisotopic (exact) mass is 167 g/mol. The minimum atomic E-state index is 0.209. The van der Waals surface area contributed by atoms with Crippen LogP contribution in [0.25, 0.3) is 0 Å². The molecule has 6 nitrogen and oxygen atoms in total. The van der Waals surface area contributed by atoms with E-state index in [4.69, 9.17) is 21.5 Å². The molecule has 1 aromatic rings. The van der Waals surface area contributed by atoms with Crippen LogP contribution in [0.1, 0.15) is 5.56 Å². The molecule has 0 aliphatic heterocycles. The van der Waals surface area contributed by atoms with Crippen LogP contribution in [0.15, 0.2) is 0 Å². The maximum atomic E-state index is 8.59. The fourth-order valence-electron chi connectivity index (χ4n) is 0.706. The van der Waals surface area contributed by atoms with Crippen LogP contribution >= 0.6 is 0 Å². The molecule has 0 bridgehead atoms. The summed E-state index contributed by atoms with van der Waals surface area (Å²) in [5, 5.41) is 14.7. The van der Waals surface area contributed by atoms with Crippen molar-refractivity contribution in [1.82, 2.24) is 10.2 Å². The molecule has 0 aliphatic rings. The number of nitrogens with zero attached hydrogens (tertiary/aromatic N) is 2. The number of aromatic amines is 1. The number of nitrogens with two attached hydrogens (primary N) is 2. The standard InChI is InChI=1S/C6H9N5O/c7-1-2-12-6-4(3-8)5(9)10-11-6/h1-2,7H2,(H3,9,10,11). The summed E-state index contributed by atoms with van der Waals surface area (Å²) < 4.78 is 5.03. The Kier molecular flexibility index (Phi) is 2.50. The van der Waals surface area contributed by atoms with Gasteiger partial charge in [0, 0.05) is 6.54 Å². The second-order valence-corrected chi connectivity index (χ2v) is 2.07. The van der Waals surface area contributed by atoms with Crippen LogP contribution in [0.4, 0.5) is 5.82 Å². The van der Waals surface area contributed by atoms with E-state index < -0.39 is 0 Å². The highest BCUT2D eigenvalue weighted by molar-refractivity contribution is 5.53. The average Bonchev–Trinajstić information content (AvgIpc) is 2.43. The Morgan fingerprint density at radius 2 is 2.42 bits per heavy atom. The van der Waals surface area contributed by atoms with Crippen molar-refractivity contribution in [1.29, 1.82) is 5.26 Å². The first kappa shape index (κ1) is 8.36. The number of ether oxygens (including phenoxy) is 1. The van der Waals surface area contributed by atoms with Crippen molar-refractivity contribution in [2.75, 3.05) is 18.9 Å². The van der Waals surface area contributed by atoms with Crippen molar-refractivity contribution in [3.8, 4) is 11.9 Å². The lowest BCUT2D eigenvalue weighted by Crippen LogP contribution is -2.11. The zero-order valence-corrected chi connectivity index (χ0v) is 6.37. The summed E-state index contributed by atoms with van der Waals surface area (Å²) >= 11 is 0. The first-order chi connectivity index (χ1) is 5.79. The summed E-state index contributed by atoms with van der Waals surface area (Å²) in [4.78, 5) is 0. The quantitative estimate of drug-likeness (QED) is 0.545. The summed E-state index contributed by atoms with van der Waals surface area (Å²) in [6.45, 7) is 0.691. The second kappa shape index (κ2) is 3.59. The number of anilines is 1. The molecular formula is C6H9N5O. The van der Waals surface area contributed by atoms with Gasteiger partial charge in [-0.15, -0.1) is 5.10 Å². The van der Waals surface area contributed by atoms with E-state index in [0.29, 0.717) is 13.2 Å². The third-order valence-corrected chi connectivity index (χ3v) is 1.23. The Labute approximate surface area is 69.1 Å². The molecule has 0 radical (unpaired) electrons. The molecule has 5 N–H and O–H groups in total. The zero-order valence-electron chi connectivity index (χ0n) is 6.37. The Bertz CT molecular complexity index is 299. The predicted molar refractivity (Wildman–Crippen MR) is 42.3 cm³/mol. The highest BCUT2D eigenvalue weighted by atomic mass is 16.5. The highest BCUT2D eigenvalue weighted by Crippen LogP contribution is 2.18. The normalized spacial score (nSPS) is 9.33. The second-order valence-electron chi connectivity index (χ2n) is 2.07. The average molecular weight is 167 g/mol. The molecule has 0 fully saturated rings. The lowest BCUT2D eigenvalue weighted by molar-refractivity contribution is 0.314. The van der Waals surface area contributed by atoms with Crippen molar-refractivity contribution in [2.45, 2.75) is 0 Å². The van der Waals surface area contributed by atoms with Gasteiger partial charge >= 0.3 is 0 Å². The van der Waals surface area contributed by atoms with Crippen molar-refractivity contribution >= 4 is 5.82 Å². The summed E-state index contributed by atoms with van der Waals surface area (Å²) in [5.74, 6) is 0.421. The fraction of sp³-hybridized carbons (Fsp3) is 0.333.